The highest BCUT2D eigenvalue weighted by molar-refractivity contribution is 7.13. The van der Waals surface area contributed by atoms with Gasteiger partial charge in [0.2, 0.25) is 11.8 Å². The smallest absolute Gasteiger partial charge is 0.240 e. The number of aryl methyl sites for hydroxylation is 1. The van der Waals surface area contributed by atoms with Crippen LogP contribution in [-0.2, 0) is 16.1 Å². The second-order valence-corrected chi connectivity index (χ2v) is 10.2. The van der Waals surface area contributed by atoms with Gasteiger partial charge in [0.05, 0.1) is 28.2 Å². The number of nitrogens with two attached hydrogens (primary N) is 1. The maximum Gasteiger partial charge on any atom is 0.240 e. The molecular weight excluding hydrogens is 412 g/mol. The van der Waals surface area contributed by atoms with Gasteiger partial charge in [-0.1, -0.05) is 45.0 Å². The van der Waals surface area contributed by atoms with E-state index in [-0.39, 0.29) is 36.2 Å². The Morgan fingerprint density at radius 3 is 2.58 bits per heavy atom. The predicted octanol–water partition coefficient (Wildman–Crippen LogP) is 2.46. The summed E-state index contributed by atoms with van der Waals surface area (Å²) >= 11 is 1.61. The van der Waals surface area contributed by atoms with Gasteiger partial charge in [0.15, 0.2) is 0 Å². The third kappa shape index (κ3) is 5.70. The number of thiazole rings is 1. The molecule has 1 fully saturated rings. The van der Waals surface area contributed by atoms with Gasteiger partial charge in [-0.15, -0.1) is 11.3 Å². The third-order valence-electron chi connectivity index (χ3n) is 5.75. The summed E-state index contributed by atoms with van der Waals surface area (Å²) in [5.41, 5.74) is 10.7. The molecule has 0 bridgehead atoms. The van der Waals surface area contributed by atoms with E-state index in [2.05, 4.69) is 10.3 Å². The highest BCUT2D eigenvalue weighted by atomic mass is 32.1. The molecule has 2 amide bonds. The Hall–Kier alpha value is -2.29. The van der Waals surface area contributed by atoms with Gasteiger partial charge in [-0.25, -0.2) is 4.98 Å². The summed E-state index contributed by atoms with van der Waals surface area (Å²) in [5.74, 6) is -0.362. The Morgan fingerprint density at radius 1 is 1.32 bits per heavy atom. The normalized spacial score (nSPS) is 20.0. The number of aliphatic hydroxyl groups excluding tert-OH is 1. The number of likely N-dealkylation sites (tertiary alicyclic amines) is 1. The Kier molecular flexibility index (Phi) is 7.13. The number of amides is 2. The van der Waals surface area contributed by atoms with Crippen LogP contribution in [0.2, 0.25) is 0 Å². The molecule has 3 rings (SSSR count). The van der Waals surface area contributed by atoms with Gasteiger partial charge < -0.3 is 21.1 Å². The first-order chi connectivity index (χ1) is 14.6. The van der Waals surface area contributed by atoms with Gasteiger partial charge in [0, 0.05) is 25.6 Å². The maximum absolute atomic E-state index is 12.8. The van der Waals surface area contributed by atoms with Crippen molar-refractivity contribution in [3.8, 4) is 10.4 Å². The molecule has 1 aliphatic heterocycles. The van der Waals surface area contributed by atoms with Crippen LogP contribution in [0, 0.1) is 12.3 Å². The molecule has 8 heteroatoms. The Bertz CT molecular complexity index is 920. The highest BCUT2D eigenvalue weighted by Crippen LogP contribution is 2.28. The number of aromatic nitrogens is 1. The number of hydrogen-bond donors (Lipinski definition) is 3. The van der Waals surface area contributed by atoms with E-state index in [1.165, 1.54) is 0 Å². The lowest BCUT2D eigenvalue weighted by molar-refractivity contribution is -0.136. The number of benzene rings is 1. The van der Waals surface area contributed by atoms with Crippen molar-refractivity contribution in [1.82, 2.24) is 15.2 Å². The Balaban J connectivity index is 1.56. The average Bonchev–Trinajstić information content (AvgIpc) is 3.30. The van der Waals surface area contributed by atoms with Crippen LogP contribution in [0.5, 0.6) is 0 Å². The van der Waals surface area contributed by atoms with Gasteiger partial charge in [-0.3, -0.25) is 9.59 Å². The van der Waals surface area contributed by atoms with E-state index in [0.29, 0.717) is 13.0 Å². The van der Waals surface area contributed by atoms with Crippen LogP contribution in [0.3, 0.4) is 0 Å². The third-order valence-corrected chi connectivity index (χ3v) is 6.72. The second-order valence-electron chi connectivity index (χ2n) is 9.32. The van der Waals surface area contributed by atoms with Gasteiger partial charge in [-0.2, -0.15) is 0 Å². The second kappa shape index (κ2) is 9.46. The fourth-order valence-corrected chi connectivity index (χ4v) is 4.56. The van der Waals surface area contributed by atoms with Gasteiger partial charge in [0.25, 0.3) is 0 Å². The van der Waals surface area contributed by atoms with Gasteiger partial charge in [0.1, 0.15) is 0 Å². The number of hydrogen-bond acceptors (Lipinski definition) is 6. The van der Waals surface area contributed by atoms with Crippen molar-refractivity contribution in [2.75, 3.05) is 6.54 Å². The molecule has 1 saturated heterocycles. The summed E-state index contributed by atoms with van der Waals surface area (Å²) in [5, 5.41) is 13.0. The molecule has 2 heterocycles. The lowest BCUT2D eigenvalue weighted by atomic mass is 9.86. The van der Waals surface area contributed by atoms with Crippen LogP contribution in [-0.4, -0.2) is 51.5 Å². The molecule has 1 aromatic carbocycles. The summed E-state index contributed by atoms with van der Waals surface area (Å²) < 4.78 is 0. The fourth-order valence-electron chi connectivity index (χ4n) is 3.74. The van der Waals surface area contributed by atoms with Crippen molar-refractivity contribution in [2.45, 2.75) is 65.3 Å². The Labute approximate surface area is 187 Å². The van der Waals surface area contributed by atoms with E-state index >= 15 is 0 Å². The maximum atomic E-state index is 12.8. The van der Waals surface area contributed by atoms with E-state index in [1.54, 1.807) is 16.2 Å². The number of nitrogens with one attached hydrogen (secondary N) is 1. The molecule has 2 aromatic rings. The molecule has 0 spiro atoms. The molecule has 0 saturated carbocycles. The number of nitrogens with zero attached hydrogens (tertiary/aromatic N) is 2. The predicted molar refractivity (Wildman–Crippen MR) is 122 cm³/mol. The lowest BCUT2D eigenvalue weighted by Gasteiger charge is -2.32. The number of rotatable bonds is 6. The molecule has 4 N–H and O–H groups in total. The summed E-state index contributed by atoms with van der Waals surface area (Å²) in [6.07, 6.45) is -0.0897. The van der Waals surface area contributed by atoms with Gasteiger partial charge in [-0.05, 0) is 29.9 Å². The minimum absolute atomic E-state index is 0.149. The monoisotopic (exact) mass is 444 g/mol. The van der Waals surface area contributed by atoms with Crippen molar-refractivity contribution in [3.63, 3.8) is 0 Å². The van der Waals surface area contributed by atoms with E-state index in [0.717, 1.165) is 21.7 Å². The fraction of sp³-hybridized carbons (Fsp3) is 0.522. The van der Waals surface area contributed by atoms with Crippen molar-refractivity contribution >= 4 is 23.2 Å². The van der Waals surface area contributed by atoms with E-state index in [9.17, 15) is 14.7 Å². The van der Waals surface area contributed by atoms with Crippen LogP contribution < -0.4 is 11.1 Å². The van der Waals surface area contributed by atoms with E-state index in [4.69, 9.17) is 5.73 Å². The van der Waals surface area contributed by atoms with Crippen LogP contribution in [0.4, 0.5) is 0 Å². The molecule has 0 radical (unpaired) electrons. The zero-order chi connectivity index (χ0) is 22.8. The summed E-state index contributed by atoms with van der Waals surface area (Å²) in [7, 11) is 0. The van der Waals surface area contributed by atoms with Crippen LogP contribution in [0.15, 0.2) is 29.8 Å². The first-order valence-electron chi connectivity index (χ1n) is 10.6. The van der Waals surface area contributed by atoms with Crippen molar-refractivity contribution < 1.29 is 14.7 Å². The molecule has 1 unspecified atom stereocenters. The minimum atomic E-state index is -0.677. The van der Waals surface area contributed by atoms with Gasteiger partial charge >= 0.3 is 0 Å². The van der Waals surface area contributed by atoms with Crippen molar-refractivity contribution in [2.24, 2.45) is 11.1 Å². The van der Waals surface area contributed by atoms with Crippen LogP contribution >= 0.6 is 11.3 Å². The molecule has 31 heavy (non-hydrogen) atoms. The molecule has 168 valence electrons. The van der Waals surface area contributed by atoms with Crippen LogP contribution in [0.25, 0.3) is 10.4 Å². The first-order valence-corrected chi connectivity index (χ1v) is 11.4. The minimum Gasteiger partial charge on any atom is -0.391 e. The Morgan fingerprint density at radius 2 is 2.00 bits per heavy atom. The zero-order valence-electron chi connectivity index (χ0n) is 18.6. The first kappa shape index (κ1) is 23.4. The molecule has 3 atom stereocenters. The zero-order valence-corrected chi connectivity index (χ0v) is 19.4. The lowest BCUT2D eigenvalue weighted by Crippen LogP contribution is -2.52. The van der Waals surface area contributed by atoms with Crippen molar-refractivity contribution in [3.05, 3.63) is 41.0 Å². The molecular formula is C23H32N4O3S. The average molecular weight is 445 g/mol. The molecule has 7 nitrogen and oxygen atoms in total. The number of β-amino-alcohol motifs (C(OH)–C–C–N with tert-alkyl or cyclic N) is 1. The molecule has 0 aliphatic carbocycles. The molecule has 1 aliphatic rings. The summed E-state index contributed by atoms with van der Waals surface area (Å²) in [4.78, 5) is 32.4. The standard InChI is InChI=1S/C23H32N4O3S/c1-14-20(31-13-26-14)16-7-5-15(6-8-16)11-25-19(29)10-17-9-18(28)12-27(17)22(30)21(24)23(2,3)4/h5-8,13,17-18,21,28H,9-12,24H2,1-4H3,(H,25,29)/t17-,18+,21?/m0/s1. The molecule has 1 aromatic heterocycles. The SMILES string of the molecule is Cc1ncsc1-c1ccc(CNC(=O)C[C@@H]2C[C@@H](O)CN2C(=O)C(N)C(C)(C)C)cc1. The number of aliphatic hydroxyl groups is 1. The summed E-state index contributed by atoms with van der Waals surface area (Å²) in [6.45, 7) is 8.34. The topological polar surface area (TPSA) is 109 Å². The van der Waals surface area contributed by atoms with Crippen LogP contribution in [0.1, 0.15) is 44.9 Å². The number of carbonyl (C=O) groups is 2. The quantitative estimate of drug-likeness (QED) is 0.634. The van der Waals surface area contributed by atoms with E-state index in [1.807, 2.05) is 57.5 Å². The number of carbonyl (C=O) groups excluding carboxylic acids is 2. The van der Waals surface area contributed by atoms with Crippen molar-refractivity contribution in [1.29, 1.82) is 0 Å². The summed E-state index contributed by atoms with van der Waals surface area (Å²) in [6, 6.07) is 7.03. The largest absolute Gasteiger partial charge is 0.391 e. The highest BCUT2D eigenvalue weighted by Gasteiger charge is 2.40. The van der Waals surface area contributed by atoms with E-state index < -0.39 is 12.1 Å².